The molecule has 0 spiro atoms. The molecule has 22 heavy (non-hydrogen) atoms. The van der Waals surface area contributed by atoms with E-state index in [2.05, 4.69) is 4.98 Å². The Labute approximate surface area is 125 Å². The van der Waals surface area contributed by atoms with Crippen molar-refractivity contribution in [1.29, 1.82) is 5.26 Å². The van der Waals surface area contributed by atoms with Gasteiger partial charge in [-0.2, -0.15) is 18.4 Å². The number of carbonyl (C=O) groups is 1. The van der Waals surface area contributed by atoms with Crippen LogP contribution in [0.2, 0.25) is 0 Å². The number of halogens is 3. The van der Waals surface area contributed by atoms with Gasteiger partial charge in [-0.3, -0.25) is 4.79 Å². The molecule has 0 aliphatic heterocycles. The van der Waals surface area contributed by atoms with E-state index in [9.17, 15) is 22.8 Å². The van der Waals surface area contributed by atoms with E-state index in [4.69, 9.17) is 10.00 Å². The minimum absolute atomic E-state index is 0.0189. The van der Waals surface area contributed by atoms with Gasteiger partial charge in [0.15, 0.2) is 0 Å². The largest absolute Gasteiger partial charge is 0.456 e. The lowest BCUT2D eigenvalue weighted by Gasteiger charge is -2.03. The number of hydrogen-bond acceptors (Lipinski definition) is 5. The van der Waals surface area contributed by atoms with Crippen LogP contribution in [0, 0.1) is 11.3 Å². The molecule has 0 aliphatic carbocycles. The third-order valence-corrected chi connectivity index (χ3v) is 3.49. The SMILES string of the molecule is N#Cc1ccc(C(=O)OCc2cc(C(F)(F)F)cs2)c(=O)[nH]1. The number of pyridine rings is 1. The molecule has 0 bridgehead atoms. The Balaban J connectivity index is 2.06. The van der Waals surface area contributed by atoms with Crippen molar-refractivity contribution < 1.29 is 22.7 Å². The predicted molar refractivity (Wildman–Crippen MR) is 70.2 cm³/mol. The number of nitrogens with zero attached hydrogens (tertiary/aromatic N) is 1. The molecular weight excluding hydrogens is 321 g/mol. The number of aromatic nitrogens is 1. The lowest BCUT2D eigenvalue weighted by Crippen LogP contribution is -2.20. The summed E-state index contributed by atoms with van der Waals surface area (Å²) in [5, 5.41) is 9.50. The maximum absolute atomic E-state index is 12.4. The number of ether oxygens (including phenoxy) is 1. The monoisotopic (exact) mass is 328 g/mol. The van der Waals surface area contributed by atoms with Crippen molar-refractivity contribution in [3.63, 3.8) is 0 Å². The predicted octanol–water partition coefficient (Wildman–Crippen LogP) is 2.68. The van der Waals surface area contributed by atoms with Gasteiger partial charge in [-0.05, 0) is 18.2 Å². The molecule has 1 N–H and O–H groups in total. The van der Waals surface area contributed by atoms with Gasteiger partial charge >= 0.3 is 12.1 Å². The first-order valence-corrected chi connectivity index (χ1v) is 6.64. The minimum Gasteiger partial charge on any atom is -0.456 e. The summed E-state index contributed by atoms with van der Waals surface area (Å²) in [6.45, 7) is -0.376. The lowest BCUT2D eigenvalue weighted by atomic mass is 10.2. The van der Waals surface area contributed by atoms with Crippen molar-refractivity contribution in [1.82, 2.24) is 4.98 Å². The molecule has 0 amide bonds. The average Bonchev–Trinajstić information content (AvgIpc) is 2.93. The van der Waals surface area contributed by atoms with Gasteiger partial charge in [0.2, 0.25) is 0 Å². The number of thiophene rings is 1. The Morgan fingerprint density at radius 1 is 1.41 bits per heavy atom. The van der Waals surface area contributed by atoms with Crippen molar-refractivity contribution in [2.45, 2.75) is 12.8 Å². The number of nitriles is 1. The van der Waals surface area contributed by atoms with Gasteiger partial charge in [0.05, 0.1) is 5.56 Å². The molecule has 2 aromatic heterocycles. The molecule has 0 unspecified atom stereocenters. The maximum atomic E-state index is 12.4. The number of rotatable bonds is 3. The van der Waals surface area contributed by atoms with Crippen LogP contribution >= 0.6 is 11.3 Å². The van der Waals surface area contributed by atoms with Crippen molar-refractivity contribution in [3.05, 3.63) is 55.6 Å². The molecule has 0 aromatic carbocycles. The van der Waals surface area contributed by atoms with Gasteiger partial charge < -0.3 is 9.72 Å². The molecule has 0 fully saturated rings. The quantitative estimate of drug-likeness (QED) is 0.878. The topological polar surface area (TPSA) is 82.9 Å². The van der Waals surface area contributed by atoms with Crippen LogP contribution in [0.1, 0.15) is 26.5 Å². The second-order valence-corrected chi connectivity index (χ2v) is 5.10. The molecule has 2 aromatic rings. The molecule has 0 radical (unpaired) electrons. The Bertz CT molecular complexity index is 802. The summed E-state index contributed by atoms with van der Waals surface area (Å²) in [6, 6.07) is 4.92. The zero-order chi connectivity index (χ0) is 16.3. The minimum atomic E-state index is -4.46. The highest BCUT2D eigenvalue weighted by atomic mass is 32.1. The average molecular weight is 328 g/mol. The molecule has 9 heteroatoms. The lowest BCUT2D eigenvalue weighted by molar-refractivity contribution is -0.137. The number of aromatic amines is 1. The maximum Gasteiger partial charge on any atom is 0.417 e. The number of alkyl halides is 3. The number of hydrogen-bond donors (Lipinski definition) is 1. The Morgan fingerprint density at radius 3 is 2.68 bits per heavy atom. The third-order valence-electron chi connectivity index (χ3n) is 2.58. The number of carbonyl (C=O) groups excluding carboxylic acids is 1. The van der Waals surface area contributed by atoms with Gasteiger partial charge in [0, 0.05) is 10.3 Å². The van der Waals surface area contributed by atoms with E-state index in [1.807, 2.05) is 0 Å². The fourth-order valence-electron chi connectivity index (χ4n) is 1.52. The van der Waals surface area contributed by atoms with Crippen molar-refractivity contribution in [3.8, 4) is 6.07 Å². The summed E-state index contributed by atoms with van der Waals surface area (Å²) in [5.41, 5.74) is -1.97. The van der Waals surface area contributed by atoms with Crippen LogP contribution in [0.5, 0.6) is 0 Å². The van der Waals surface area contributed by atoms with Crippen molar-refractivity contribution in [2.24, 2.45) is 0 Å². The van der Waals surface area contributed by atoms with E-state index < -0.39 is 23.3 Å². The van der Waals surface area contributed by atoms with Gasteiger partial charge in [-0.1, -0.05) is 0 Å². The van der Waals surface area contributed by atoms with Gasteiger partial charge in [-0.25, -0.2) is 4.79 Å². The molecule has 5 nitrogen and oxygen atoms in total. The number of esters is 1. The second-order valence-electron chi connectivity index (χ2n) is 4.10. The van der Waals surface area contributed by atoms with Crippen LogP contribution in [-0.4, -0.2) is 11.0 Å². The van der Waals surface area contributed by atoms with Gasteiger partial charge in [-0.15, -0.1) is 11.3 Å². The van der Waals surface area contributed by atoms with E-state index in [1.165, 1.54) is 6.07 Å². The van der Waals surface area contributed by atoms with Crippen LogP contribution in [0.3, 0.4) is 0 Å². The van der Waals surface area contributed by atoms with E-state index in [-0.39, 0.29) is 22.7 Å². The van der Waals surface area contributed by atoms with Gasteiger partial charge in [0.25, 0.3) is 5.56 Å². The summed E-state index contributed by atoms with van der Waals surface area (Å²) in [4.78, 5) is 25.6. The summed E-state index contributed by atoms with van der Waals surface area (Å²) < 4.78 is 42.0. The zero-order valence-electron chi connectivity index (χ0n) is 10.7. The summed E-state index contributed by atoms with van der Waals surface area (Å²) in [6.07, 6.45) is -4.46. The van der Waals surface area contributed by atoms with Crippen molar-refractivity contribution in [2.75, 3.05) is 0 Å². The molecule has 2 rings (SSSR count). The molecular formula is C13H7F3N2O3S. The number of H-pyrrole nitrogens is 1. The van der Waals surface area contributed by atoms with Gasteiger partial charge in [0.1, 0.15) is 23.9 Å². The highest BCUT2D eigenvalue weighted by molar-refractivity contribution is 7.10. The molecule has 0 atom stereocenters. The van der Waals surface area contributed by atoms with Crippen LogP contribution < -0.4 is 5.56 Å². The van der Waals surface area contributed by atoms with E-state index in [0.29, 0.717) is 0 Å². The normalized spacial score (nSPS) is 11.0. The fourth-order valence-corrected chi connectivity index (χ4v) is 2.32. The first-order valence-electron chi connectivity index (χ1n) is 5.76. The zero-order valence-corrected chi connectivity index (χ0v) is 11.5. The molecule has 2 heterocycles. The number of nitrogens with one attached hydrogen (secondary N) is 1. The van der Waals surface area contributed by atoms with Crippen LogP contribution in [-0.2, 0) is 17.5 Å². The van der Waals surface area contributed by atoms with Crippen LogP contribution in [0.15, 0.2) is 28.4 Å². The summed E-state index contributed by atoms with van der Waals surface area (Å²) in [7, 11) is 0. The first kappa shape index (κ1) is 15.8. The van der Waals surface area contributed by atoms with Crippen molar-refractivity contribution >= 4 is 17.3 Å². The smallest absolute Gasteiger partial charge is 0.417 e. The van der Waals surface area contributed by atoms with Crippen LogP contribution in [0.25, 0.3) is 0 Å². The highest BCUT2D eigenvalue weighted by Crippen LogP contribution is 2.32. The summed E-state index contributed by atoms with van der Waals surface area (Å²) >= 11 is 0.798. The first-order chi connectivity index (χ1) is 10.3. The second kappa shape index (κ2) is 6.03. The standard InChI is InChI=1S/C13H7F3N2O3S/c14-13(15,16)7-3-9(22-6-7)5-21-12(20)10-2-1-8(4-17)18-11(10)19/h1-3,6H,5H2,(H,18,19). The van der Waals surface area contributed by atoms with E-state index in [0.717, 1.165) is 28.8 Å². The fraction of sp³-hybridized carbons (Fsp3) is 0.154. The molecule has 0 saturated carbocycles. The Morgan fingerprint density at radius 2 is 2.14 bits per heavy atom. The van der Waals surface area contributed by atoms with E-state index in [1.54, 1.807) is 6.07 Å². The third kappa shape index (κ3) is 3.53. The Kier molecular flexibility index (Phi) is 4.32. The van der Waals surface area contributed by atoms with Crippen LogP contribution in [0.4, 0.5) is 13.2 Å². The Hall–Kier alpha value is -2.60. The highest BCUT2D eigenvalue weighted by Gasteiger charge is 2.31. The molecule has 0 saturated heterocycles. The molecule has 0 aliphatic rings. The summed E-state index contributed by atoms with van der Waals surface area (Å²) in [5.74, 6) is -0.979. The molecule has 114 valence electrons. The van der Waals surface area contributed by atoms with E-state index >= 15 is 0 Å².